The number of hydrogen-bond acceptors (Lipinski definition) is 3. The van der Waals surface area contributed by atoms with E-state index in [2.05, 4.69) is 37.5 Å². The van der Waals surface area contributed by atoms with Crippen LogP contribution in [0.25, 0.3) is 0 Å². The minimum atomic E-state index is 0. The molecule has 6 nitrogen and oxygen atoms in total. The van der Waals surface area contributed by atoms with E-state index in [1.807, 2.05) is 30.0 Å². The lowest BCUT2D eigenvalue weighted by Crippen LogP contribution is -2.45. The number of rotatable bonds is 8. The zero-order valence-corrected chi connectivity index (χ0v) is 19.9. The van der Waals surface area contributed by atoms with Gasteiger partial charge in [-0.1, -0.05) is 39.0 Å². The molecule has 0 spiro atoms. The molecule has 1 heterocycles. The molecule has 2 N–H and O–H groups in total. The van der Waals surface area contributed by atoms with Gasteiger partial charge in [-0.3, -0.25) is 4.79 Å². The highest BCUT2D eigenvalue weighted by Gasteiger charge is 2.25. The molecule has 1 saturated heterocycles. The van der Waals surface area contributed by atoms with E-state index < -0.39 is 0 Å². The maximum atomic E-state index is 11.9. The van der Waals surface area contributed by atoms with Gasteiger partial charge in [0.1, 0.15) is 5.75 Å². The fourth-order valence-corrected chi connectivity index (χ4v) is 3.04. The van der Waals surface area contributed by atoms with Gasteiger partial charge < -0.3 is 20.3 Å². The number of carbonyl (C=O) groups excluding carboxylic acids is 1. The minimum Gasteiger partial charge on any atom is -0.493 e. The van der Waals surface area contributed by atoms with E-state index in [0.29, 0.717) is 25.5 Å². The number of likely N-dealkylation sites (tertiary alicyclic amines) is 1. The molecule has 1 unspecified atom stereocenters. The number of para-hydroxylation sites is 1. The van der Waals surface area contributed by atoms with Crippen molar-refractivity contribution in [2.24, 2.45) is 10.9 Å². The molecule has 1 aromatic rings. The molecule has 7 heteroatoms. The zero-order chi connectivity index (χ0) is 19.6. The number of hydrogen-bond donors (Lipinski definition) is 2. The van der Waals surface area contributed by atoms with Crippen LogP contribution in [0, 0.1) is 5.92 Å². The molecule has 1 aromatic carbocycles. The standard InChI is InChI=1S/C21H34N4O2.HI/c1-5-20(26)25-12-11-18(14-25)24-21(22-6-2)23-13-17-9-7-8-10-19(17)27-15-16(3)4;/h7-10,16,18H,5-6,11-15H2,1-4H3,(H2,22,23,24);1H. The number of carbonyl (C=O) groups is 1. The summed E-state index contributed by atoms with van der Waals surface area (Å²) in [6.45, 7) is 11.8. The Morgan fingerprint density at radius 1 is 1.32 bits per heavy atom. The number of ether oxygens (including phenoxy) is 1. The van der Waals surface area contributed by atoms with Gasteiger partial charge in [0, 0.05) is 37.7 Å². The molecular formula is C21H35IN4O2. The largest absolute Gasteiger partial charge is 0.493 e. The highest BCUT2D eigenvalue weighted by molar-refractivity contribution is 14.0. The van der Waals surface area contributed by atoms with Gasteiger partial charge in [0.2, 0.25) is 5.91 Å². The quantitative estimate of drug-likeness (QED) is 0.325. The van der Waals surface area contributed by atoms with Crippen molar-refractivity contribution in [3.8, 4) is 5.75 Å². The van der Waals surface area contributed by atoms with Gasteiger partial charge >= 0.3 is 0 Å². The van der Waals surface area contributed by atoms with E-state index in [4.69, 9.17) is 9.73 Å². The predicted octanol–water partition coefficient (Wildman–Crippen LogP) is 3.41. The molecule has 0 bridgehead atoms. The lowest BCUT2D eigenvalue weighted by atomic mass is 10.2. The highest BCUT2D eigenvalue weighted by atomic mass is 127. The van der Waals surface area contributed by atoms with Crippen LogP contribution in [0.2, 0.25) is 0 Å². The molecule has 1 fully saturated rings. The van der Waals surface area contributed by atoms with Gasteiger partial charge in [0.25, 0.3) is 0 Å². The first kappa shape index (κ1) is 24.5. The number of nitrogens with one attached hydrogen (secondary N) is 2. The number of aliphatic imine (C=N–C) groups is 1. The lowest BCUT2D eigenvalue weighted by Gasteiger charge is -2.19. The second-order valence-electron chi connectivity index (χ2n) is 7.33. The Morgan fingerprint density at radius 3 is 2.75 bits per heavy atom. The van der Waals surface area contributed by atoms with E-state index in [9.17, 15) is 4.79 Å². The molecule has 0 aromatic heterocycles. The summed E-state index contributed by atoms with van der Waals surface area (Å²) in [5.74, 6) is 2.38. The van der Waals surface area contributed by atoms with Gasteiger partial charge in [-0.25, -0.2) is 4.99 Å². The topological polar surface area (TPSA) is 66.0 Å². The summed E-state index contributed by atoms with van der Waals surface area (Å²) in [5.41, 5.74) is 1.07. The summed E-state index contributed by atoms with van der Waals surface area (Å²) in [4.78, 5) is 18.5. The number of amides is 1. The van der Waals surface area contributed by atoms with Gasteiger partial charge in [-0.15, -0.1) is 24.0 Å². The second-order valence-corrected chi connectivity index (χ2v) is 7.33. The van der Waals surface area contributed by atoms with E-state index in [1.54, 1.807) is 0 Å². The van der Waals surface area contributed by atoms with Crippen molar-refractivity contribution in [2.45, 2.75) is 53.1 Å². The first-order valence-electron chi connectivity index (χ1n) is 10.1. The normalized spacial score (nSPS) is 16.7. The van der Waals surface area contributed by atoms with Gasteiger partial charge in [-0.2, -0.15) is 0 Å². The Bertz CT molecular complexity index is 637. The molecule has 1 amide bonds. The van der Waals surface area contributed by atoms with Crippen LogP contribution >= 0.6 is 24.0 Å². The third-order valence-corrected chi connectivity index (χ3v) is 4.48. The van der Waals surface area contributed by atoms with Crippen LogP contribution in [-0.2, 0) is 11.3 Å². The van der Waals surface area contributed by atoms with E-state index in [0.717, 1.165) is 43.3 Å². The number of nitrogens with zero attached hydrogens (tertiary/aromatic N) is 2. The molecule has 1 atom stereocenters. The maximum Gasteiger partial charge on any atom is 0.222 e. The van der Waals surface area contributed by atoms with Crippen molar-refractivity contribution in [3.63, 3.8) is 0 Å². The number of guanidine groups is 1. The predicted molar refractivity (Wildman–Crippen MR) is 125 cm³/mol. The van der Waals surface area contributed by atoms with Gasteiger partial charge in [-0.05, 0) is 25.3 Å². The third kappa shape index (κ3) is 7.85. The van der Waals surface area contributed by atoms with Crippen LogP contribution in [0.1, 0.15) is 46.1 Å². The van der Waals surface area contributed by atoms with Gasteiger partial charge in [0.05, 0.1) is 13.2 Å². The van der Waals surface area contributed by atoms with Gasteiger partial charge in [0.15, 0.2) is 5.96 Å². The van der Waals surface area contributed by atoms with Crippen molar-refractivity contribution in [1.82, 2.24) is 15.5 Å². The van der Waals surface area contributed by atoms with E-state index >= 15 is 0 Å². The van der Waals surface area contributed by atoms with E-state index in [1.165, 1.54) is 0 Å². The summed E-state index contributed by atoms with van der Waals surface area (Å²) in [6.07, 6.45) is 1.51. The first-order chi connectivity index (χ1) is 13.0. The van der Waals surface area contributed by atoms with Crippen LogP contribution in [0.5, 0.6) is 5.75 Å². The monoisotopic (exact) mass is 502 g/mol. The van der Waals surface area contributed by atoms with E-state index in [-0.39, 0.29) is 35.9 Å². The Kier molecular flexibility index (Phi) is 11.3. The minimum absolute atomic E-state index is 0. The third-order valence-electron chi connectivity index (χ3n) is 4.48. The van der Waals surface area contributed by atoms with Crippen LogP contribution in [-0.4, -0.2) is 49.0 Å². The molecule has 1 aliphatic heterocycles. The molecular weight excluding hydrogens is 467 g/mol. The summed E-state index contributed by atoms with van der Waals surface area (Å²) in [5, 5.41) is 6.77. The van der Waals surface area contributed by atoms with Crippen molar-refractivity contribution in [2.75, 3.05) is 26.2 Å². The highest BCUT2D eigenvalue weighted by Crippen LogP contribution is 2.19. The van der Waals surface area contributed by atoms with Crippen LogP contribution < -0.4 is 15.4 Å². The van der Waals surface area contributed by atoms with Crippen molar-refractivity contribution in [1.29, 1.82) is 0 Å². The lowest BCUT2D eigenvalue weighted by molar-refractivity contribution is -0.129. The van der Waals surface area contributed by atoms with Crippen molar-refractivity contribution in [3.05, 3.63) is 29.8 Å². The Morgan fingerprint density at radius 2 is 2.07 bits per heavy atom. The number of benzene rings is 1. The zero-order valence-electron chi connectivity index (χ0n) is 17.5. The molecule has 0 saturated carbocycles. The molecule has 2 rings (SSSR count). The van der Waals surface area contributed by atoms with Crippen LogP contribution in [0.15, 0.2) is 29.3 Å². The summed E-state index contributed by atoms with van der Waals surface area (Å²) >= 11 is 0. The summed E-state index contributed by atoms with van der Waals surface area (Å²) in [7, 11) is 0. The van der Waals surface area contributed by atoms with Crippen LogP contribution in [0.4, 0.5) is 0 Å². The first-order valence-corrected chi connectivity index (χ1v) is 10.1. The maximum absolute atomic E-state index is 11.9. The Labute approximate surface area is 186 Å². The number of halogens is 1. The van der Waals surface area contributed by atoms with Crippen molar-refractivity contribution < 1.29 is 9.53 Å². The SMILES string of the molecule is CCNC(=NCc1ccccc1OCC(C)C)NC1CCN(C(=O)CC)C1.I. The summed E-state index contributed by atoms with van der Waals surface area (Å²) in [6, 6.07) is 8.30. The fraction of sp³-hybridized carbons (Fsp3) is 0.619. The van der Waals surface area contributed by atoms with Crippen LogP contribution in [0.3, 0.4) is 0 Å². The molecule has 158 valence electrons. The molecule has 0 radical (unpaired) electrons. The molecule has 0 aliphatic carbocycles. The average molecular weight is 502 g/mol. The molecule has 1 aliphatic rings. The summed E-state index contributed by atoms with van der Waals surface area (Å²) < 4.78 is 5.92. The smallest absolute Gasteiger partial charge is 0.222 e. The average Bonchev–Trinajstić information content (AvgIpc) is 3.13. The second kappa shape index (κ2) is 12.9. The Balaban J connectivity index is 0.00000392. The van der Waals surface area contributed by atoms with Crippen molar-refractivity contribution >= 4 is 35.8 Å². The fourth-order valence-electron chi connectivity index (χ4n) is 3.04. The molecule has 28 heavy (non-hydrogen) atoms. The Hall–Kier alpha value is -1.51.